The van der Waals surface area contributed by atoms with Gasteiger partial charge in [-0.25, -0.2) is 0 Å². The van der Waals surface area contributed by atoms with Crippen LogP contribution in [0.3, 0.4) is 0 Å². The van der Waals surface area contributed by atoms with Crippen molar-refractivity contribution in [2.45, 2.75) is 0 Å². The first kappa shape index (κ1) is 34.0. The molecule has 11 rings (SSSR count). The predicted molar refractivity (Wildman–Crippen MR) is 251 cm³/mol. The Bertz CT molecular complexity index is 3250. The lowest BCUT2D eigenvalue weighted by molar-refractivity contribution is 1.28. The van der Waals surface area contributed by atoms with Crippen LogP contribution in [0, 0.1) is 0 Å². The molecule has 0 fully saturated rings. The number of nitrogens with zero attached hydrogens (tertiary/aromatic N) is 1. The van der Waals surface area contributed by atoms with Crippen LogP contribution in [0.5, 0.6) is 0 Å². The summed E-state index contributed by atoms with van der Waals surface area (Å²) in [5.41, 5.74) is 13.0. The predicted octanol–water partition coefficient (Wildman–Crippen LogP) is 16.5. The zero-order chi connectivity index (χ0) is 38.4. The van der Waals surface area contributed by atoms with Crippen molar-refractivity contribution in [3.63, 3.8) is 0 Å². The maximum absolute atomic E-state index is 2.36. The fourth-order valence-corrected chi connectivity index (χ4v) is 9.76. The van der Waals surface area contributed by atoms with Gasteiger partial charge < -0.3 is 4.90 Å². The quantitative estimate of drug-likeness (QED) is 0.146. The molecule has 272 valence electrons. The summed E-state index contributed by atoms with van der Waals surface area (Å²) in [6.45, 7) is 0. The maximum atomic E-state index is 2.36. The van der Waals surface area contributed by atoms with Crippen LogP contribution in [0.2, 0.25) is 0 Å². The molecule has 10 aromatic carbocycles. The third kappa shape index (κ3) is 6.12. The molecule has 0 saturated heterocycles. The van der Waals surface area contributed by atoms with Crippen LogP contribution in [0.25, 0.3) is 86.2 Å². The highest BCUT2D eigenvalue weighted by Crippen LogP contribution is 2.42. The summed E-state index contributed by atoms with van der Waals surface area (Å²) >= 11 is 1.88. The summed E-state index contributed by atoms with van der Waals surface area (Å²) < 4.78 is 2.66. The van der Waals surface area contributed by atoms with Crippen LogP contribution < -0.4 is 4.90 Å². The number of rotatable bonds is 7. The standard InChI is InChI=1S/C56H37NS/c1-2-10-38(11-3-1)39-22-29-47(30-23-39)57(49-33-26-42(27-34-49)52-17-9-18-54-53-16-6-7-19-55(53)58-56(52)54)48-31-24-40(25-32-48)43-13-8-14-44(36-43)45-28-35-51-46(37-45)21-20-41-12-4-5-15-50(41)51/h1-37H. The zero-order valence-electron chi connectivity index (χ0n) is 31.7. The number of benzene rings is 10. The molecule has 2 heteroatoms. The Labute approximate surface area is 342 Å². The molecule has 0 N–H and O–H groups in total. The van der Waals surface area contributed by atoms with Crippen molar-refractivity contribution >= 4 is 70.1 Å². The summed E-state index contributed by atoms with van der Waals surface area (Å²) in [5, 5.41) is 7.75. The van der Waals surface area contributed by atoms with Crippen LogP contribution in [0.15, 0.2) is 224 Å². The highest BCUT2D eigenvalue weighted by atomic mass is 32.1. The van der Waals surface area contributed by atoms with Crippen molar-refractivity contribution in [3.8, 4) is 44.5 Å². The summed E-state index contributed by atoms with van der Waals surface area (Å²) in [6.07, 6.45) is 0. The molecule has 0 bridgehead atoms. The van der Waals surface area contributed by atoms with Gasteiger partial charge in [0.25, 0.3) is 0 Å². The molecule has 1 heterocycles. The van der Waals surface area contributed by atoms with E-state index in [0.29, 0.717) is 0 Å². The molecule has 0 spiro atoms. The zero-order valence-corrected chi connectivity index (χ0v) is 32.5. The molecule has 1 aromatic heterocycles. The van der Waals surface area contributed by atoms with Gasteiger partial charge in [0.05, 0.1) is 0 Å². The van der Waals surface area contributed by atoms with E-state index in [2.05, 4.69) is 229 Å². The lowest BCUT2D eigenvalue weighted by atomic mass is 9.95. The monoisotopic (exact) mass is 755 g/mol. The Balaban J connectivity index is 0.943. The minimum Gasteiger partial charge on any atom is -0.311 e. The van der Waals surface area contributed by atoms with Gasteiger partial charge in [-0.05, 0) is 121 Å². The molecule has 0 atom stereocenters. The first-order valence-corrected chi connectivity index (χ1v) is 20.6. The molecule has 0 aliphatic heterocycles. The molecule has 0 radical (unpaired) electrons. The maximum Gasteiger partial charge on any atom is 0.0462 e. The van der Waals surface area contributed by atoms with E-state index in [1.807, 2.05) is 11.3 Å². The minimum absolute atomic E-state index is 1.11. The molecule has 58 heavy (non-hydrogen) atoms. The first-order valence-electron chi connectivity index (χ1n) is 19.8. The lowest BCUT2D eigenvalue weighted by Crippen LogP contribution is -2.09. The molecular formula is C56H37NS. The van der Waals surface area contributed by atoms with Crippen LogP contribution in [-0.2, 0) is 0 Å². The van der Waals surface area contributed by atoms with E-state index in [1.54, 1.807) is 0 Å². The third-order valence-electron chi connectivity index (χ3n) is 11.5. The van der Waals surface area contributed by atoms with E-state index in [1.165, 1.54) is 86.2 Å². The average molecular weight is 756 g/mol. The second-order valence-corrected chi connectivity index (χ2v) is 16.0. The third-order valence-corrected chi connectivity index (χ3v) is 12.7. The molecule has 0 amide bonds. The average Bonchev–Trinajstić information content (AvgIpc) is 3.69. The highest BCUT2D eigenvalue weighted by molar-refractivity contribution is 7.26. The fourth-order valence-electron chi connectivity index (χ4n) is 8.52. The molecule has 11 aromatic rings. The second-order valence-electron chi connectivity index (χ2n) is 14.9. The van der Waals surface area contributed by atoms with Crippen molar-refractivity contribution in [1.29, 1.82) is 0 Å². The van der Waals surface area contributed by atoms with Crippen LogP contribution in [-0.4, -0.2) is 0 Å². The molecule has 0 saturated carbocycles. The van der Waals surface area contributed by atoms with Gasteiger partial charge in [-0.1, -0.05) is 170 Å². The summed E-state index contributed by atoms with van der Waals surface area (Å²) in [5.74, 6) is 0. The van der Waals surface area contributed by atoms with Crippen LogP contribution >= 0.6 is 11.3 Å². The lowest BCUT2D eigenvalue weighted by Gasteiger charge is -2.26. The summed E-state index contributed by atoms with van der Waals surface area (Å²) in [6, 6.07) is 81.8. The van der Waals surface area contributed by atoms with Gasteiger partial charge in [-0.15, -0.1) is 11.3 Å². The fraction of sp³-hybridized carbons (Fsp3) is 0. The number of hydrogen-bond acceptors (Lipinski definition) is 2. The Morgan fingerprint density at radius 2 is 0.759 bits per heavy atom. The number of hydrogen-bond donors (Lipinski definition) is 0. The number of anilines is 3. The Morgan fingerprint density at radius 3 is 1.50 bits per heavy atom. The van der Waals surface area contributed by atoms with Gasteiger partial charge >= 0.3 is 0 Å². The van der Waals surface area contributed by atoms with E-state index < -0.39 is 0 Å². The van der Waals surface area contributed by atoms with Crippen molar-refractivity contribution in [1.82, 2.24) is 0 Å². The van der Waals surface area contributed by atoms with Gasteiger partial charge in [-0.2, -0.15) is 0 Å². The largest absolute Gasteiger partial charge is 0.311 e. The molecule has 1 nitrogen and oxygen atoms in total. The number of thiophene rings is 1. The Hall–Kier alpha value is -7.26. The second kappa shape index (κ2) is 14.4. The van der Waals surface area contributed by atoms with Crippen LogP contribution in [0.4, 0.5) is 17.1 Å². The molecule has 0 unspecified atom stereocenters. The van der Waals surface area contributed by atoms with E-state index in [0.717, 1.165) is 17.1 Å². The van der Waals surface area contributed by atoms with Crippen molar-refractivity contribution < 1.29 is 0 Å². The highest BCUT2D eigenvalue weighted by Gasteiger charge is 2.16. The Morgan fingerprint density at radius 1 is 0.276 bits per heavy atom. The van der Waals surface area contributed by atoms with Gasteiger partial charge in [0.2, 0.25) is 0 Å². The summed E-state index contributed by atoms with van der Waals surface area (Å²) in [7, 11) is 0. The molecule has 0 aliphatic rings. The van der Waals surface area contributed by atoms with E-state index in [4.69, 9.17) is 0 Å². The first-order chi connectivity index (χ1) is 28.7. The SMILES string of the molecule is c1ccc(-c2ccc(N(c3ccc(-c4cccc(-c5ccc6c(ccc7ccccc76)c5)c4)cc3)c3ccc(-c4cccc5c4sc4ccccc45)cc3)cc2)cc1. The van der Waals surface area contributed by atoms with E-state index >= 15 is 0 Å². The van der Waals surface area contributed by atoms with Gasteiger partial charge in [-0.3, -0.25) is 0 Å². The number of fused-ring (bicyclic) bond motifs is 6. The summed E-state index contributed by atoms with van der Waals surface area (Å²) in [4.78, 5) is 2.36. The molecular weight excluding hydrogens is 719 g/mol. The van der Waals surface area contributed by atoms with Crippen LogP contribution in [0.1, 0.15) is 0 Å². The Kier molecular flexibility index (Phi) is 8.42. The van der Waals surface area contributed by atoms with Crippen molar-refractivity contribution in [2.75, 3.05) is 4.90 Å². The van der Waals surface area contributed by atoms with E-state index in [9.17, 15) is 0 Å². The normalized spacial score (nSPS) is 11.4. The minimum atomic E-state index is 1.11. The van der Waals surface area contributed by atoms with Gasteiger partial charge in [0.1, 0.15) is 0 Å². The topological polar surface area (TPSA) is 3.24 Å². The molecule has 0 aliphatic carbocycles. The smallest absolute Gasteiger partial charge is 0.0462 e. The van der Waals surface area contributed by atoms with Gasteiger partial charge in [0.15, 0.2) is 0 Å². The van der Waals surface area contributed by atoms with Crippen molar-refractivity contribution in [2.24, 2.45) is 0 Å². The van der Waals surface area contributed by atoms with Crippen molar-refractivity contribution in [3.05, 3.63) is 224 Å². The van der Waals surface area contributed by atoms with E-state index in [-0.39, 0.29) is 0 Å². The van der Waals surface area contributed by atoms with Gasteiger partial charge in [0, 0.05) is 37.2 Å².